The van der Waals surface area contributed by atoms with Crippen LogP contribution in [0.5, 0.6) is 0 Å². The van der Waals surface area contributed by atoms with E-state index in [1.807, 2.05) is 26.0 Å². The molecule has 1 aromatic heterocycles. The van der Waals surface area contributed by atoms with Gasteiger partial charge in [0.1, 0.15) is 5.76 Å². The summed E-state index contributed by atoms with van der Waals surface area (Å²) in [6, 6.07) is 4.46. The van der Waals surface area contributed by atoms with Crippen molar-refractivity contribution in [1.29, 1.82) is 0 Å². The number of guanidine groups is 1. The summed E-state index contributed by atoms with van der Waals surface area (Å²) in [6.45, 7) is 13.0. The molecule has 0 bridgehead atoms. The van der Waals surface area contributed by atoms with E-state index in [9.17, 15) is 4.79 Å². The van der Waals surface area contributed by atoms with E-state index in [0.29, 0.717) is 19.1 Å². The Kier molecular flexibility index (Phi) is 11.5. The van der Waals surface area contributed by atoms with Gasteiger partial charge in [0, 0.05) is 51.2 Å². The molecule has 1 aliphatic heterocycles. The molecule has 2 N–H and O–H groups in total. The van der Waals surface area contributed by atoms with Crippen molar-refractivity contribution < 1.29 is 9.21 Å². The Hall–Kier alpha value is -1.29. The Balaban J connectivity index is 0.00000392. The first-order chi connectivity index (χ1) is 13.0. The van der Waals surface area contributed by atoms with Crippen molar-refractivity contribution in [1.82, 2.24) is 20.4 Å². The first-order valence-electron chi connectivity index (χ1n) is 10.1. The summed E-state index contributed by atoms with van der Waals surface area (Å²) in [7, 11) is 0. The summed E-state index contributed by atoms with van der Waals surface area (Å²) in [4.78, 5) is 21.3. The van der Waals surface area contributed by atoms with Crippen molar-refractivity contribution in [3.8, 4) is 0 Å². The normalized spacial score (nSPS) is 16.6. The maximum Gasteiger partial charge on any atom is 0.234 e. The highest BCUT2D eigenvalue weighted by atomic mass is 127. The zero-order valence-electron chi connectivity index (χ0n) is 17.6. The molecule has 160 valence electrons. The highest BCUT2D eigenvalue weighted by molar-refractivity contribution is 14.0. The summed E-state index contributed by atoms with van der Waals surface area (Å²) in [5.41, 5.74) is 0. The van der Waals surface area contributed by atoms with Crippen LogP contribution in [0.1, 0.15) is 39.9 Å². The number of carbonyl (C=O) groups excluding carboxylic acids is 1. The fourth-order valence-corrected chi connectivity index (χ4v) is 2.97. The zero-order chi connectivity index (χ0) is 19.6. The number of halogens is 1. The van der Waals surface area contributed by atoms with Gasteiger partial charge in [0.25, 0.3) is 0 Å². The zero-order valence-corrected chi connectivity index (χ0v) is 19.9. The molecule has 2 rings (SSSR count). The molecule has 1 saturated heterocycles. The molecule has 0 aliphatic carbocycles. The molecule has 1 aliphatic rings. The summed E-state index contributed by atoms with van der Waals surface area (Å²) >= 11 is 0. The first-order valence-corrected chi connectivity index (χ1v) is 10.1. The molecule has 1 atom stereocenters. The lowest BCUT2D eigenvalue weighted by molar-refractivity contribution is -0.123. The third-order valence-electron chi connectivity index (χ3n) is 4.68. The van der Waals surface area contributed by atoms with Crippen molar-refractivity contribution >= 4 is 35.8 Å². The lowest BCUT2D eigenvalue weighted by atomic mass is 10.2. The topological polar surface area (TPSA) is 73.1 Å². The Labute approximate surface area is 186 Å². The van der Waals surface area contributed by atoms with Gasteiger partial charge in [-0.15, -0.1) is 24.0 Å². The first kappa shape index (κ1) is 24.7. The van der Waals surface area contributed by atoms with Gasteiger partial charge in [-0.25, -0.2) is 0 Å². The second-order valence-corrected chi connectivity index (χ2v) is 7.47. The number of nitrogens with one attached hydrogen (secondary N) is 2. The molecule has 0 saturated carbocycles. The van der Waals surface area contributed by atoms with Crippen molar-refractivity contribution in [2.24, 2.45) is 4.99 Å². The van der Waals surface area contributed by atoms with E-state index in [1.54, 1.807) is 6.26 Å². The smallest absolute Gasteiger partial charge is 0.234 e. The number of furan rings is 1. The van der Waals surface area contributed by atoms with Crippen LogP contribution in [-0.4, -0.2) is 73.0 Å². The van der Waals surface area contributed by atoms with Gasteiger partial charge in [0.15, 0.2) is 5.96 Å². The molecular formula is C20H36IN5O2. The average molecular weight is 505 g/mol. The Morgan fingerprint density at radius 2 is 1.93 bits per heavy atom. The monoisotopic (exact) mass is 505 g/mol. The lowest BCUT2D eigenvalue weighted by Crippen LogP contribution is -2.55. The van der Waals surface area contributed by atoms with Gasteiger partial charge < -0.3 is 20.0 Å². The van der Waals surface area contributed by atoms with Crippen molar-refractivity contribution in [2.45, 2.75) is 52.6 Å². The number of aliphatic imine (C=N–C) groups is 1. The van der Waals surface area contributed by atoms with E-state index in [2.05, 4.69) is 34.3 Å². The van der Waals surface area contributed by atoms with Crippen molar-refractivity contribution in [3.05, 3.63) is 24.2 Å². The molecule has 0 radical (unpaired) electrons. The summed E-state index contributed by atoms with van der Waals surface area (Å²) in [6.07, 6.45) is 3.55. The van der Waals surface area contributed by atoms with E-state index in [-0.39, 0.29) is 35.9 Å². The van der Waals surface area contributed by atoms with Crippen LogP contribution in [0.15, 0.2) is 27.8 Å². The molecule has 28 heavy (non-hydrogen) atoms. The Morgan fingerprint density at radius 1 is 1.21 bits per heavy atom. The van der Waals surface area contributed by atoms with E-state index in [0.717, 1.165) is 50.7 Å². The number of amides is 1. The third kappa shape index (κ3) is 8.81. The number of hydrogen-bond acceptors (Lipinski definition) is 4. The van der Waals surface area contributed by atoms with Crippen LogP contribution in [0, 0.1) is 0 Å². The fraction of sp³-hybridized carbons (Fsp3) is 0.700. The van der Waals surface area contributed by atoms with Gasteiger partial charge in [0.2, 0.25) is 5.91 Å². The lowest BCUT2D eigenvalue weighted by Gasteiger charge is -2.37. The molecule has 1 amide bonds. The maximum absolute atomic E-state index is 12.0. The second kappa shape index (κ2) is 13.0. The fourth-order valence-electron chi connectivity index (χ4n) is 2.97. The molecule has 1 aromatic rings. The molecule has 0 spiro atoms. The number of rotatable bonds is 8. The minimum absolute atomic E-state index is 0. The quantitative estimate of drug-likeness (QED) is 0.323. The predicted molar refractivity (Wildman–Crippen MR) is 124 cm³/mol. The summed E-state index contributed by atoms with van der Waals surface area (Å²) in [5.74, 6) is 2.02. The summed E-state index contributed by atoms with van der Waals surface area (Å²) in [5, 5.41) is 6.51. The van der Waals surface area contributed by atoms with Crippen LogP contribution in [0.25, 0.3) is 0 Å². The molecule has 1 fully saturated rings. The van der Waals surface area contributed by atoms with Gasteiger partial charge in [-0.3, -0.25) is 14.7 Å². The average Bonchev–Trinajstić information content (AvgIpc) is 3.14. The molecule has 8 heteroatoms. The molecule has 0 aromatic carbocycles. The van der Waals surface area contributed by atoms with Crippen LogP contribution >= 0.6 is 24.0 Å². The standard InChI is InChI=1S/C20H35N5O2.HI/c1-5-17(4)23-20(21-9-8-18-7-6-14-27-18)25-12-10-24(11-13-25)15-19(26)22-16(2)3;/h6-7,14,16-17H,5,8-13,15H2,1-4H3,(H,21,23)(H,22,26);1H. The van der Waals surface area contributed by atoms with Crippen LogP contribution in [0.3, 0.4) is 0 Å². The predicted octanol–water partition coefficient (Wildman–Crippen LogP) is 2.33. The van der Waals surface area contributed by atoms with E-state index in [4.69, 9.17) is 9.41 Å². The minimum Gasteiger partial charge on any atom is -0.469 e. The Bertz CT molecular complexity index is 583. The maximum atomic E-state index is 12.0. The molecule has 1 unspecified atom stereocenters. The van der Waals surface area contributed by atoms with Crippen LogP contribution in [-0.2, 0) is 11.2 Å². The van der Waals surface area contributed by atoms with Crippen LogP contribution in [0.2, 0.25) is 0 Å². The summed E-state index contributed by atoms with van der Waals surface area (Å²) < 4.78 is 5.39. The SMILES string of the molecule is CCC(C)NC(=NCCc1ccco1)N1CCN(CC(=O)NC(C)C)CC1.I. The number of nitrogens with zero attached hydrogens (tertiary/aromatic N) is 3. The highest BCUT2D eigenvalue weighted by Gasteiger charge is 2.22. The van der Waals surface area contributed by atoms with Gasteiger partial charge in [0.05, 0.1) is 12.8 Å². The third-order valence-corrected chi connectivity index (χ3v) is 4.68. The van der Waals surface area contributed by atoms with E-state index in [1.165, 1.54) is 0 Å². The second-order valence-electron chi connectivity index (χ2n) is 7.47. The number of hydrogen-bond donors (Lipinski definition) is 2. The minimum atomic E-state index is 0. The van der Waals surface area contributed by atoms with Crippen LogP contribution in [0.4, 0.5) is 0 Å². The van der Waals surface area contributed by atoms with Crippen molar-refractivity contribution in [2.75, 3.05) is 39.3 Å². The van der Waals surface area contributed by atoms with Gasteiger partial charge >= 0.3 is 0 Å². The van der Waals surface area contributed by atoms with Crippen molar-refractivity contribution in [3.63, 3.8) is 0 Å². The number of piperazine rings is 1. The molecular weight excluding hydrogens is 469 g/mol. The van der Waals surface area contributed by atoms with Gasteiger partial charge in [-0.2, -0.15) is 0 Å². The molecule has 2 heterocycles. The van der Waals surface area contributed by atoms with E-state index >= 15 is 0 Å². The largest absolute Gasteiger partial charge is 0.469 e. The highest BCUT2D eigenvalue weighted by Crippen LogP contribution is 2.05. The number of carbonyl (C=O) groups is 1. The van der Waals surface area contributed by atoms with Gasteiger partial charge in [-0.05, 0) is 39.3 Å². The Morgan fingerprint density at radius 3 is 2.50 bits per heavy atom. The molecule has 7 nitrogen and oxygen atoms in total. The van der Waals surface area contributed by atoms with Gasteiger partial charge in [-0.1, -0.05) is 6.92 Å². The van der Waals surface area contributed by atoms with E-state index < -0.39 is 0 Å². The van der Waals surface area contributed by atoms with Crippen LogP contribution < -0.4 is 10.6 Å².